The highest BCUT2D eigenvalue weighted by Gasteiger charge is 2.14. The van der Waals surface area contributed by atoms with Crippen molar-refractivity contribution in [1.82, 2.24) is 15.0 Å². The normalized spacial score (nSPS) is 10.2. The number of methoxy groups -OCH3 is 2. The fourth-order valence-corrected chi connectivity index (χ4v) is 1.57. The van der Waals surface area contributed by atoms with Gasteiger partial charge in [0.1, 0.15) is 17.2 Å². The van der Waals surface area contributed by atoms with Crippen LogP contribution in [-0.4, -0.2) is 29.2 Å². The van der Waals surface area contributed by atoms with Crippen LogP contribution in [-0.2, 0) is 7.05 Å². The third-order valence-corrected chi connectivity index (χ3v) is 2.29. The number of hydrogen-bond donors (Lipinski definition) is 0. The van der Waals surface area contributed by atoms with E-state index in [0.29, 0.717) is 0 Å². The van der Waals surface area contributed by atoms with Crippen LogP contribution in [0.25, 0.3) is 11.3 Å². The van der Waals surface area contributed by atoms with E-state index in [2.05, 4.69) is 10.3 Å². The van der Waals surface area contributed by atoms with Crippen LogP contribution in [0.5, 0.6) is 11.5 Å². The van der Waals surface area contributed by atoms with Gasteiger partial charge in [0.2, 0.25) is 0 Å². The molecule has 0 saturated heterocycles. The first kappa shape index (κ1) is 10.5. The third kappa shape index (κ3) is 1.71. The van der Waals surface area contributed by atoms with Crippen molar-refractivity contribution >= 4 is 0 Å². The molecule has 0 fully saturated rings. The summed E-state index contributed by atoms with van der Waals surface area (Å²) < 4.78 is 12.2. The molecule has 0 amide bonds. The molecule has 0 spiro atoms. The van der Waals surface area contributed by atoms with Gasteiger partial charge in [0, 0.05) is 7.05 Å². The molecule has 5 heteroatoms. The van der Waals surface area contributed by atoms with E-state index < -0.39 is 0 Å². The molecular formula is C11H13N3O2. The highest BCUT2D eigenvalue weighted by atomic mass is 16.5. The van der Waals surface area contributed by atoms with Gasteiger partial charge in [-0.25, -0.2) is 0 Å². The van der Waals surface area contributed by atoms with Crippen LogP contribution < -0.4 is 9.47 Å². The zero-order valence-electron chi connectivity index (χ0n) is 9.47. The number of hydrogen-bond acceptors (Lipinski definition) is 4. The molecule has 0 aliphatic rings. The summed E-state index contributed by atoms with van der Waals surface area (Å²) in [5.41, 5.74) is 1.55. The maximum absolute atomic E-state index is 5.29. The van der Waals surface area contributed by atoms with Crippen molar-refractivity contribution in [2.75, 3.05) is 14.2 Å². The standard InChI is InChI=1S/C11H13N3O2/c1-14-7-8(12-13-14)11-9(15-2)5-4-6-10(11)16-3/h4-7H,1-3H3. The number of benzene rings is 1. The van der Waals surface area contributed by atoms with Crippen molar-refractivity contribution in [2.24, 2.45) is 7.05 Å². The summed E-state index contributed by atoms with van der Waals surface area (Å²) in [6.45, 7) is 0. The maximum Gasteiger partial charge on any atom is 0.132 e. The van der Waals surface area contributed by atoms with Gasteiger partial charge in [-0.1, -0.05) is 11.3 Å². The minimum Gasteiger partial charge on any atom is -0.496 e. The van der Waals surface area contributed by atoms with E-state index in [9.17, 15) is 0 Å². The Balaban J connectivity index is 2.60. The zero-order chi connectivity index (χ0) is 11.5. The lowest BCUT2D eigenvalue weighted by molar-refractivity contribution is 0.397. The van der Waals surface area contributed by atoms with E-state index in [1.807, 2.05) is 31.4 Å². The molecule has 0 saturated carbocycles. The first-order valence-corrected chi connectivity index (χ1v) is 4.84. The van der Waals surface area contributed by atoms with Crippen LogP contribution in [0.1, 0.15) is 0 Å². The highest BCUT2D eigenvalue weighted by molar-refractivity contribution is 5.73. The summed E-state index contributed by atoms with van der Waals surface area (Å²) in [6, 6.07) is 5.61. The molecule has 1 aromatic carbocycles. The smallest absolute Gasteiger partial charge is 0.132 e. The van der Waals surface area contributed by atoms with Crippen LogP contribution in [0, 0.1) is 0 Å². The van der Waals surface area contributed by atoms with Gasteiger partial charge in [0.15, 0.2) is 0 Å². The van der Waals surface area contributed by atoms with Gasteiger partial charge in [0.25, 0.3) is 0 Å². The molecule has 1 heterocycles. The van der Waals surface area contributed by atoms with Crippen LogP contribution >= 0.6 is 0 Å². The third-order valence-electron chi connectivity index (χ3n) is 2.29. The number of nitrogens with zero attached hydrogens (tertiary/aromatic N) is 3. The fourth-order valence-electron chi connectivity index (χ4n) is 1.57. The molecule has 84 valence electrons. The van der Waals surface area contributed by atoms with Gasteiger partial charge in [-0.3, -0.25) is 4.68 Å². The molecular weight excluding hydrogens is 206 g/mol. The minimum atomic E-state index is 0.722. The van der Waals surface area contributed by atoms with Gasteiger partial charge < -0.3 is 9.47 Å². The summed E-state index contributed by atoms with van der Waals surface area (Å²) in [5, 5.41) is 7.96. The van der Waals surface area contributed by atoms with E-state index in [-0.39, 0.29) is 0 Å². The molecule has 16 heavy (non-hydrogen) atoms. The molecule has 2 aromatic rings. The van der Waals surface area contributed by atoms with Crippen LogP contribution in [0.2, 0.25) is 0 Å². The maximum atomic E-state index is 5.29. The molecule has 0 aliphatic heterocycles. The lowest BCUT2D eigenvalue weighted by Gasteiger charge is -2.10. The van der Waals surface area contributed by atoms with Crippen LogP contribution in [0.15, 0.2) is 24.4 Å². The molecule has 0 N–H and O–H groups in total. The Morgan fingerprint density at radius 2 is 1.75 bits per heavy atom. The Hall–Kier alpha value is -2.04. The Labute approximate surface area is 93.6 Å². The molecule has 0 bridgehead atoms. The Bertz CT molecular complexity index is 471. The van der Waals surface area contributed by atoms with Crippen molar-refractivity contribution in [3.05, 3.63) is 24.4 Å². The lowest BCUT2D eigenvalue weighted by Crippen LogP contribution is -1.93. The van der Waals surface area contributed by atoms with E-state index in [0.717, 1.165) is 22.8 Å². The molecule has 0 radical (unpaired) electrons. The summed E-state index contributed by atoms with van der Waals surface area (Å²) in [7, 11) is 5.06. The highest BCUT2D eigenvalue weighted by Crippen LogP contribution is 2.36. The van der Waals surface area contributed by atoms with Crippen molar-refractivity contribution in [1.29, 1.82) is 0 Å². The average Bonchev–Trinajstić information content (AvgIpc) is 2.74. The Morgan fingerprint density at radius 3 is 2.19 bits per heavy atom. The van der Waals surface area contributed by atoms with Gasteiger partial charge in [-0.15, -0.1) is 5.10 Å². The van der Waals surface area contributed by atoms with E-state index in [1.165, 1.54) is 0 Å². The Morgan fingerprint density at radius 1 is 1.12 bits per heavy atom. The van der Waals surface area contributed by atoms with Gasteiger partial charge in [-0.2, -0.15) is 0 Å². The van der Waals surface area contributed by atoms with Gasteiger partial charge in [0.05, 0.1) is 26.0 Å². The molecule has 1 aromatic heterocycles. The summed E-state index contributed by atoms with van der Waals surface area (Å²) >= 11 is 0. The largest absolute Gasteiger partial charge is 0.496 e. The van der Waals surface area contributed by atoms with E-state index in [1.54, 1.807) is 18.9 Å². The predicted molar refractivity (Wildman–Crippen MR) is 59.5 cm³/mol. The minimum absolute atomic E-state index is 0.722. The van der Waals surface area contributed by atoms with Gasteiger partial charge >= 0.3 is 0 Å². The second-order valence-electron chi connectivity index (χ2n) is 3.31. The Kier molecular flexibility index (Phi) is 2.76. The predicted octanol–water partition coefficient (Wildman–Crippen LogP) is 1.50. The SMILES string of the molecule is COc1cccc(OC)c1-c1cn(C)nn1. The van der Waals surface area contributed by atoms with Crippen molar-refractivity contribution in [2.45, 2.75) is 0 Å². The molecule has 5 nitrogen and oxygen atoms in total. The number of aromatic nitrogens is 3. The van der Waals surface area contributed by atoms with Crippen LogP contribution in [0.4, 0.5) is 0 Å². The molecule has 0 atom stereocenters. The average molecular weight is 219 g/mol. The van der Waals surface area contributed by atoms with Crippen LogP contribution in [0.3, 0.4) is 0 Å². The molecule has 0 aliphatic carbocycles. The van der Waals surface area contributed by atoms with Crippen molar-refractivity contribution < 1.29 is 9.47 Å². The number of aryl methyl sites for hydroxylation is 1. The van der Waals surface area contributed by atoms with Crippen molar-refractivity contribution in [3.63, 3.8) is 0 Å². The second-order valence-corrected chi connectivity index (χ2v) is 3.31. The second kappa shape index (κ2) is 4.22. The molecule has 0 unspecified atom stereocenters. The summed E-state index contributed by atoms with van der Waals surface area (Å²) in [5.74, 6) is 1.44. The molecule has 2 rings (SSSR count). The quantitative estimate of drug-likeness (QED) is 0.785. The lowest BCUT2D eigenvalue weighted by atomic mass is 10.1. The number of ether oxygens (including phenoxy) is 2. The zero-order valence-corrected chi connectivity index (χ0v) is 9.47. The summed E-state index contributed by atoms with van der Waals surface area (Å²) in [4.78, 5) is 0. The fraction of sp³-hybridized carbons (Fsp3) is 0.273. The monoisotopic (exact) mass is 219 g/mol. The van der Waals surface area contributed by atoms with E-state index >= 15 is 0 Å². The van der Waals surface area contributed by atoms with Gasteiger partial charge in [-0.05, 0) is 12.1 Å². The summed E-state index contributed by atoms with van der Waals surface area (Å²) in [6.07, 6.45) is 1.82. The van der Waals surface area contributed by atoms with E-state index in [4.69, 9.17) is 9.47 Å². The first-order chi connectivity index (χ1) is 7.76. The van der Waals surface area contributed by atoms with Crippen molar-refractivity contribution in [3.8, 4) is 22.8 Å². The number of rotatable bonds is 3. The first-order valence-electron chi connectivity index (χ1n) is 4.84. The topological polar surface area (TPSA) is 49.2 Å².